The molecule has 0 saturated heterocycles. The zero-order valence-electron chi connectivity index (χ0n) is 14.1. The van der Waals surface area contributed by atoms with Crippen molar-refractivity contribution in [3.8, 4) is 11.5 Å². The number of benzene rings is 1. The molecule has 0 unspecified atom stereocenters. The molecule has 2 aromatic rings. The minimum absolute atomic E-state index is 0.210. The lowest BCUT2D eigenvalue weighted by Crippen LogP contribution is -2.28. The monoisotopic (exact) mass is 318 g/mol. The molecule has 23 heavy (non-hydrogen) atoms. The third-order valence-electron chi connectivity index (χ3n) is 3.75. The number of amides is 1. The topological polar surface area (TPSA) is 73.6 Å². The molecule has 1 N–H and O–H groups in total. The van der Waals surface area contributed by atoms with Crippen molar-refractivity contribution >= 4 is 5.91 Å². The molecule has 1 aromatic heterocycles. The summed E-state index contributed by atoms with van der Waals surface area (Å²) in [5.41, 5.74) is 2.00. The molecule has 6 heteroatoms. The maximum Gasteiger partial charge on any atom is 0.257 e. The molecule has 0 aliphatic heterocycles. The third-order valence-corrected chi connectivity index (χ3v) is 3.75. The summed E-state index contributed by atoms with van der Waals surface area (Å²) < 4.78 is 15.7. The predicted molar refractivity (Wildman–Crippen MR) is 86.0 cm³/mol. The van der Waals surface area contributed by atoms with Gasteiger partial charge in [-0.25, -0.2) is 0 Å². The quantitative estimate of drug-likeness (QED) is 0.886. The number of aromatic nitrogens is 1. The van der Waals surface area contributed by atoms with Crippen LogP contribution in [0.15, 0.2) is 22.7 Å². The van der Waals surface area contributed by atoms with Crippen molar-refractivity contribution in [1.29, 1.82) is 0 Å². The average Bonchev–Trinajstić information content (AvgIpc) is 2.94. The van der Waals surface area contributed by atoms with E-state index in [1.807, 2.05) is 32.0 Å². The van der Waals surface area contributed by atoms with Crippen LogP contribution in [-0.4, -0.2) is 25.3 Å². The number of methoxy groups -OCH3 is 2. The van der Waals surface area contributed by atoms with E-state index >= 15 is 0 Å². The molecular weight excluding hydrogens is 296 g/mol. The van der Waals surface area contributed by atoms with E-state index < -0.39 is 0 Å². The minimum Gasteiger partial charge on any atom is -0.497 e. The number of carbonyl (C=O) groups excluding carboxylic acids is 1. The molecule has 0 fully saturated rings. The van der Waals surface area contributed by atoms with Crippen LogP contribution in [0.5, 0.6) is 11.5 Å². The smallest absolute Gasteiger partial charge is 0.257 e. The average molecular weight is 318 g/mol. The number of hydrogen-bond acceptors (Lipinski definition) is 5. The number of carbonyl (C=O) groups is 1. The van der Waals surface area contributed by atoms with Gasteiger partial charge in [0.05, 0.1) is 26.0 Å². The molecule has 0 spiro atoms. The molecule has 0 radical (unpaired) electrons. The summed E-state index contributed by atoms with van der Waals surface area (Å²) in [5, 5.41) is 6.88. The van der Waals surface area contributed by atoms with Gasteiger partial charge in [0.15, 0.2) is 0 Å². The lowest BCUT2D eigenvalue weighted by molar-refractivity contribution is 0.0937. The first-order valence-electron chi connectivity index (χ1n) is 7.49. The van der Waals surface area contributed by atoms with E-state index in [1.54, 1.807) is 21.1 Å². The molecule has 0 saturated carbocycles. The number of nitrogens with zero attached hydrogens (tertiary/aromatic N) is 1. The third kappa shape index (κ3) is 3.47. The summed E-state index contributed by atoms with van der Waals surface area (Å²) in [6.45, 7) is 5.56. The Labute approximate surface area is 135 Å². The van der Waals surface area contributed by atoms with Gasteiger partial charge < -0.3 is 19.3 Å². The van der Waals surface area contributed by atoms with Gasteiger partial charge in [-0.1, -0.05) is 12.1 Å². The highest BCUT2D eigenvalue weighted by Gasteiger charge is 2.22. The lowest BCUT2D eigenvalue weighted by atomic mass is 10.1. The van der Waals surface area contributed by atoms with Crippen LogP contribution in [-0.2, 0) is 6.42 Å². The van der Waals surface area contributed by atoms with Crippen LogP contribution in [0.25, 0.3) is 0 Å². The van der Waals surface area contributed by atoms with Gasteiger partial charge in [0.2, 0.25) is 0 Å². The molecule has 0 aliphatic carbocycles. The fourth-order valence-corrected chi connectivity index (χ4v) is 2.47. The van der Waals surface area contributed by atoms with Gasteiger partial charge in [0.1, 0.15) is 22.8 Å². The Bertz CT molecular complexity index is 694. The van der Waals surface area contributed by atoms with Gasteiger partial charge in [-0.3, -0.25) is 4.79 Å². The zero-order chi connectivity index (χ0) is 17.0. The Balaban J connectivity index is 2.26. The lowest BCUT2D eigenvalue weighted by Gasteiger charge is -2.18. The zero-order valence-corrected chi connectivity index (χ0v) is 14.1. The maximum absolute atomic E-state index is 12.6. The van der Waals surface area contributed by atoms with Crippen LogP contribution in [0.4, 0.5) is 0 Å². The van der Waals surface area contributed by atoms with Crippen LogP contribution in [0.3, 0.4) is 0 Å². The van der Waals surface area contributed by atoms with E-state index in [-0.39, 0.29) is 11.9 Å². The van der Waals surface area contributed by atoms with Gasteiger partial charge in [0.25, 0.3) is 5.91 Å². The van der Waals surface area contributed by atoms with Crippen molar-refractivity contribution in [2.75, 3.05) is 14.2 Å². The van der Waals surface area contributed by atoms with E-state index in [1.165, 1.54) is 0 Å². The Hall–Kier alpha value is -2.50. The van der Waals surface area contributed by atoms with E-state index in [9.17, 15) is 4.79 Å². The molecular formula is C17H22N2O4. The normalized spacial score (nSPS) is 11.9. The molecule has 1 heterocycles. The van der Waals surface area contributed by atoms with E-state index in [4.69, 9.17) is 14.0 Å². The largest absolute Gasteiger partial charge is 0.497 e. The Morgan fingerprint density at radius 1 is 1.35 bits per heavy atom. The van der Waals surface area contributed by atoms with Gasteiger partial charge in [-0.2, -0.15) is 0 Å². The van der Waals surface area contributed by atoms with Gasteiger partial charge >= 0.3 is 0 Å². The van der Waals surface area contributed by atoms with Crippen molar-refractivity contribution in [2.24, 2.45) is 0 Å². The fourth-order valence-electron chi connectivity index (χ4n) is 2.47. The van der Waals surface area contributed by atoms with E-state index in [0.29, 0.717) is 34.9 Å². The summed E-state index contributed by atoms with van der Waals surface area (Å²) in [7, 11) is 3.20. The van der Waals surface area contributed by atoms with Crippen molar-refractivity contribution in [3.05, 3.63) is 40.8 Å². The number of hydrogen-bond donors (Lipinski definition) is 1. The standard InChI is InChI=1S/C17H22N2O4/c1-6-14-16(11(3)23-19-14)17(20)18-10(2)13-9-12(21-4)7-8-15(13)22-5/h7-10H,6H2,1-5H3,(H,18,20)/t10-/m0/s1. The summed E-state index contributed by atoms with van der Waals surface area (Å²) in [6.07, 6.45) is 0.636. The first-order chi connectivity index (χ1) is 11.0. The van der Waals surface area contributed by atoms with Crippen LogP contribution in [0, 0.1) is 6.92 Å². The van der Waals surface area contributed by atoms with Crippen LogP contribution < -0.4 is 14.8 Å². The van der Waals surface area contributed by atoms with Crippen molar-refractivity contribution < 1.29 is 18.8 Å². The summed E-state index contributed by atoms with van der Waals surface area (Å²) in [6, 6.07) is 5.23. The minimum atomic E-state index is -0.258. The number of nitrogens with one attached hydrogen (secondary N) is 1. The molecule has 2 rings (SSSR count). The van der Waals surface area contributed by atoms with Crippen molar-refractivity contribution in [1.82, 2.24) is 10.5 Å². The molecule has 124 valence electrons. The first kappa shape index (κ1) is 16.9. The molecule has 6 nitrogen and oxygen atoms in total. The molecule has 1 aromatic carbocycles. The summed E-state index contributed by atoms with van der Waals surface area (Å²) in [4.78, 5) is 12.6. The molecule has 1 atom stereocenters. The summed E-state index contributed by atoms with van der Waals surface area (Å²) in [5.74, 6) is 1.70. The second-order valence-corrected chi connectivity index (χ2v) is 5.22. The Morgan fingerprint density at radius 2 is 2.09 bits per heavy atom. The van der Waals surface area contributed by atoms with Crippen LogP contribution in [0.2, 0.25) is 0 Å². The highest BCUT2D eigenvalue weighted by atomic mass is 16.5. The highest BCUT2D eigenvalue weighted by Crippen LogP contribution is 2.29. The van der Waals surface area contributed by atoms with E-state index in [2.05, 4.69) is 10.5 Å². The predicted octanol–water partition coefficient (Wildman–Crippen LogP) is 3.05. The number of rotatable bonds is 6. The van der Waals surface area contributed by atoms with Crippen molar-refractivity contribution in [2.45, 2.75) is 33.2 Å². The molecule has 1 amide bonds. The van der Waals surface area contributed by atoms with E-state index in [0.717, 1.165) is 5.56 Å². The van der Waals surface area contributed by atoms with Gasteiger partial charge in [-0.05, 0) is 38.5 Å². The number of aryl methyl sites for hydroxylation is 2. The summed E-state index contributed by atoms with van der Waals surface area (Å²) >= 11 is 0. The van der Waals surface area contributed by atoms with Gasteiger partial charge in [-0.15, -0.1) is 0 Å². The Morgan fingerprint density at radius 3 is 2.70 bits per heavy atom. The van der Waals surface area contributed by atoms with Crippen LogP contribution in [0.1, 0.15) is 47.3 Å². The second-order valence-electron chi connectivity index (χ2n) is 5.22. The molecule has 0 bridgehead atoms. The van der Waals surface area contributed by atoms with Gasteiger partial charge in [0, 0.05) is 5.56 Å². The first-order valence-corrected chi connectivity index (χ1v) is 7.49. The second kappa shape index (κ2) is 7.17. The fraction of sp³-hybridized carbons (Fsp3) is 0.412. The SMILES string of the molecule is CCc1noc(C)c1C(=O)N[C@@H](C)c1cc(OC)ccc1OC. The Kier molecular flexibility index (Phi) is 5.26. The highest BCUT2D eigenvalue weighted by molar-refractivity contribution is 5.96. The van der Waals surface area contributed by atoms with Crippen LogP contribution >= 0.6 is 0 Å². The van der Waals surface area contributed by atoms with Crippen molar-refractivity contribution in [3.63, 3.8) is 0 Å². The molecule has 0 aliphatic rings. The maximum atomic E-state index is 12.6. The number of ether oxygens (including phenoxy) is 2.